The van der Waals surface area contributed by atoms with Crippen LogP contribution < -0.4 is 10.5 Å². The molecule has 0 atom stereocenters. The molecule has 0 aliphatic carbocycles. The van der Waals surface area contributed by atoms with Crippen molar-refractivity contribution in [2.45, 2.75) is 0 Å². The van der Waals surface area contributed by atoms with Crippen molar-refractivity contribution in [3.05, 3.63) is 48.5 Å². The number of nitrogens with zero attached hydrogens (tertiary/aromatic N) is 2. The highest BCUT2D eigenvalue weighted by atomic mass is 16.5. The van der Waals surface area contributed by atoms with Gasteiger partial charge in [-0.3, -0.25) is 0 Å². The van der Waals surface area contributed by atoms with Gasteiger partial charge in [0, 0.05) is 5.39 Å². The highest BCUT2D eigenvalue weighted by Gasteiger charge is 2.08. The predicted octanol–water partition coefficient (Wildman–Crippen LogP) is 2.62. The van der Waals surface area contributed by atoms with Crippen molar-refractivity contribution in [2.75, 3.05) is 12.8 Å². The molecular formula is C14H13N3O. The molecule has 0 fully saturated rings. The van der Waals surface area contributed by atoms with Gasteiger partial charge in [0.05, 0.1) is 18.3 Å². The van der Waals surface area contributed by atoms with Gasteiger partial charge in [0.2, 0.25) is 0 Å². The van der Waals surface area contributed by atoms with E-state index in [4.69, 9.17) is 10.5 Å². The quantitative estimate of drug-likeness (QED) is 0.748. The number of hydrogen-bond donors (Lipinski definition) is 1. The molecule has 3 rings (SSSR count). The van der Waals surface area contributed by atoms with E-state index in [0.29, 0.717) is 5.82 Å². The van der Waals surface area contributed by atoms with E-state index in [9.17, 15) is 0 Å². The Balaban J connectivity index is 2.15. The van der Waals surface area contributed by atoms with Gasteiger partial charge in [-0.15, -0.1) is 0 Å². The second-order valence-electron chi connectivity index (χ2n) is 4.01. The van der Waals surface area contributed by atoms with Crippen molar-refractivity contribution >= 4 is 16.7 Å². The fourth-order valence-electron chi connectivity index (χ4n) is 1.97. The number of aromatic nitrogens is 2. The average Bonchev–Trinajstić information content (AvgIpc) is 2.77. The number of rotatable bonds is 2. The van der Waals surface area contributed by atoms with Gasteiger partial charge in [-0.05, 0) is 36.4 Å². The minimum atomic E-state index is 0.649. The van der Waals surface area contributed by atoms with Gasteiger partial charge in [0.25, 0.3) is 0 Å². The Morgan fingerprint density at radius 2 is 1.78 bits per heavy atom. The zero-order chi connectivity index (χ0) is 12.5. The molecular weight excluding hydrogens is 226 g/mol. The lowest BCUT2D eigenvalue weighted by atomic mass is 10.2. The van der Waals surface area contributed by atoms with Gasteiger partial charge in [0.15, 0.2) is 0 Å². The smallest absolute Gasteiger partial charge is 0.135 e. The molecule has 90 valence electrons. The summed E-state index contributed by atoms with van der Waals surface area (Å²) in [5.74, 6) is 1.46. The third-order valence-electron chi connectivity index (χ3n) is 2.93. The van der Waals surface area contributed by atoms with Crippen LogP contribution in [0.1, 0.15) is 0 Å². The van der Waals surface area contributed by atoms with Crippen LogP contribution in [0.5, 0.6) is 5.75 Å². The van der Waals surface area contributed by atoms with E-state index >= 15 is 0 Å². The summed E-state index contributed by atoms with van der Waals surface area (Å²) < 4.78 is 6.87. The van der Waals surface area contributed by atoms with Crippen molar-refractivity contribution in [1.82, 2.24) is 9.78 Å². The van der Waals surface area contributed by atoms with Gasteiger partial charge < -0.3 is 10.5 Å². The maximum Gasteiger partial charge on any atom is 0.135 e. The van der Waals surface area contributed by atoms with Crippen LogP contribution in [-0.2, 0) is 0 Å². The molecule has 0 aliphatic heterocycles. The summed E-state index contributed by atoms with van der Waals surface area (Å²) in [6, 6.07) is 15.5. The second kappa shape index (κ2) is 4.07. The monoisotopic (exact) mass is 239 g/mol. The SMILES string of the molecule is COc1ccc(-n2nc3ccccc3c2N)cc1. The third-order valence-corrected chi connectivity index (χ3v) is 2.93. The predicted molar refractivity (Wildman–Crippen MR) is 72.0 cm³/mol. The Hall–Kier alpha value is -2.49. The lowest BCUT2D eigenvalue weighted by Gasteiger charge is -2.05. The first kappa shape index (κ1) is 10.7. The molecule has 0 radical (unpaired) electrons. The molecule has 2 aromatic carbocycles. The summed E-state index contributed by atoms with van der Waals surface area (Å²) in [6.07, 6.45) is 0. The molecule has 1 heterocycles. The molecule has 0 unspecified atom stereocenters. The van der Waals surface area contributed by atoms with Gasteiger partial charge in [0.1, 0.15) is 11.6 Å². The van der Waals surface area contributed by atoms with Crippen LogP contribution in [0.25, 0.3) is 16.6 Å². The van der Waals surface area contributed by atoms with E-state index in [1.165, 1.54) is 0 Å². The number of anilines is 1. The van der Waals surface area contributed by atoms with Crippen LogP contribution in [0, 0.1) is 0 Å². The molecule has 1 aromatic heterocycles. The summed E-state index contributed by atoms with van der Waals surface area (Å²) in [5.41, 5.74) is 7.93. The van der Waals surface area contributed by atoms with E-state index in [1.54, 1.807) is 11.8 Å². The maximum absolute atomic E-state index is 6.11. The van der Waals surface area contributed by atoms with E-state index in [-0.39, 0.29) is 0 Å². The number of nitrogens with two attached hydrogens (primary N) is 1. The fourth-order valence-corrected chi connectivity index (χ4v) is 1.97. The van der Waals surface area contributed by atoms with E-state index in [0.717, 1.165) is 22.3 Å². The molecule has 4 nitrogen and oxygen atoms in total. The normalized spacial score (nSPS) is 10.7. The Bertz CT molecular complexity index is 686. The third kappa shape index (κ3) is 1.59. The van der Waals surface area contributed by atoms with E-state index in [1.807, 2.05) is 48.5 Å². The number of methoxy groups -OCH3 is 1. The van der Waals surface area contributed by atoms with Crippen LogP contribution in [0.4, 0.5) is 5.82 Å². The van der Waals surface area contributed by atoms with Crippen molar-refractivity contribution < 1.29 is 4.74 Å². The fraction of sp³-hybridized carbons (Fsp3) is 0.0714. The van der Waals surface area contributed by atoms with Gasteiger partial charge in [-0.2, -0.15) is 5.10 Å². The Labute approximate surface area is 105 Å². The summed E-state index contributed by atoms with van der Waals surface area (Å²) in [4.78, 5) is 0. The van der Waals surface area contributed by atoms with Crippen LogP contribution in [0.3, 0.4) is 0 Å². The number of fused-ring (bicyclic) bond motifs is 1. The summed E-state index contributed by atoms with van der Waals surface area (Å²) >= 11 is 0. The average molecular weight is 239 g/mol. The van der Waals surface area contributed by atoms with Gasteiger partial charge >= 0.3 is 0 Å². The molecule has 0 amide bonds. The van der Waals surface area contributed by atoms with Crippen molar-refractivity contribution in [3.63, 3.8) is 0 Å². The van der Waals surface area contributed by atoms with Gasteiger partial charge in [-0.1, -0.05) is 12.1 Å². The largest absolute Gasteiger partial charge is 0.497 e. The summed E-state index contributed by atoms with van der Waals surface area (Å²) in [5, 5.41) is 5.45. The first-order valence-electron chi connectivity index (χ1n) is 5.67. The van der Waals surface area contributed by atoms with Crippen molar-refractivity contribution in [3.8, 4) is 11.4 Å². The number of nitrogen functional groups attached to an aromatic ring is 1. The number of benzene rings is 2. The molecule has 0 saturated carbocycles. The topological polar surface area (TPSA) is 53.1 Å². The van der Waals surface area contributed by atoms with Crippen LogP contribution in [-0.4, -0.2) is 16.9 Å². The van der Waals surface area contributed by atoms with Crippen LogP contribution in [0.2, 0.25) is 0 Å². The highest BCUT2D eigenvalue weighted by molar-refractivity contribution is 5.89. The second-order valence-corrected chi connectivity index (χ2v) is 4.01. The Kier molecular flexibility index (Phi) is 2.41. The highest BCUT2D eigenvalue weighted by Crippen LogP contribution is 2.24. The molecule has 0 aliphatic rings. The molecule has 0 saturated heterocycles. The molecule has 2 N–H and O–H groups in total. The molecule has 0 bridgehead atoms. The lowest BCUT2D eigenvalue weighted by molar-refractivity contribution is 0.414. The maximum atomic E-state index is 6.11. The van der Waals surface area contributed by atoms with E-state index < -0.39 is 0 Å². The zero-order valence-corrected chi connectivity index (χ0v) is 10.00. The lowest BCUT2D eigenvalue weighted by Crippen LogP contribution is -2.01. The van der Waals surface area contributed by atoms with Crippen LogP contribution in [0.15, 0.2) is 48.5 Å². The van der Waals surface area contributed by atoms with Crippen molar-refractivity contribution in [1.29, 1.82) is 0 Å². The van der Waals surface area contributed by atoms with E-state index in [2.05, 4.69) is 5.10 Å². The summed E-state index contributed by atoms with van der Waals surface area (Å²) in [6.45, 7) is 0. The van der Waals surface area contributed by atoms with Crippen LogP contribution >= 0.6 is 0 Å². The Morgan fingerprint density at radius 3 is 2.44 bits per heavy atom. The first-order valence-corrected chi connectivity index (χ1v) is 5.67. The summed E-state index contributed by atoms with van der Waals surface area (Å²) in [7, 11) is 1.64. The molecule has 3 aromatic rings. The molecule has 0 spiro atoms. The number of hydrogen-bond acceptors (Lipinski definition) is 3. The minimum Gasteiger partial charge on any atom is -0.497 e. The standard InChI is InChI=1S/C14H13N3O/c1-18-11-8-6-10(7-9-11)17-14(15)12-4-2-3-5-13(12)16-17/h2-9H,15H2,1H3. The number of ether oxygens (including phenoxy) is 1. The molecule has 18 heavy (non-hydrogen) atoms. The van der Waals surface area contributed by atoms with Gasteiger partial charge in [-0.25, -0.2) is 4.68 Å². The Morgan fingerprint density at radius 1 is 1.06 bits per heavy atom. The minimum absolute atomic E-state index is 0.649. The zero-order valence-electron chi connectivity index (χ0n) is 10.00. The molecule has 4 heteroatoms. The van der Waals surface area contributed by atoms with Crippen molar-refractivity contribution in [2.24, 2.45) is 0 Å². The first-order chi connectivity index (χ1) is 8.79.